The van der Waals surface area contributed by atoms with Crippen LogP contribution in [-0.2, 0) is 4.74 Å². The maximum absolute atomic E-state index is 14.6. The summed E-state index contributed by atoms with van der Waals surface area (Å²) < 4.78 is 19.8. The fraction of sp³-hybridized carbons (Fsp3) is 0.500. The number of nitrogens with zero attached hydrogens (tertiary/aromatic N) is 3. The quantitative estimate of drug-likeness (QED) is 0.760. The molecule has 1 aromatic rings. The van der Waals surface area contributed by atoms with Crippen LogP contribution in [0.25, 0.3) is 0 Å². The molecule has 2 aliphatic rings. The third-order valence-electron chi connectivity index (χ3n) is 4.46. The van der Waals surface area contributed by atoms with E-state index in [0.717, 1.165) is 26.2 Å². The summed E-state index contributed by atoms with van der Waals surface area (Å²) in [5, 5.41) is 2.92. The highest BCUT2D eigenvalue weighted by molar-refractivity contribution is 7.80. The zero-order valence-electron chi connectivity index (χ0n) is 14.1. The number of carbonyl (C=O) groups excluding carboxylic acids is 1. The molecular weight excluding hydrogens is 345 g/mol. The maximum atomic E-state index is 14.6. The second kappa shape index (κ2) is 7.40. The molecule has 1 atom stereocenters. The van der Waals surface area contributed by atoms with Crippen LogP contribution in [-0.4, -0.2) is 68.5 Å². The van der Waals surface area contributed by atoms with Crippen LogP contribution >= 0.6 is 12.2 Å². The highest BCUT2D eigenvalue weighted by Crippen LogP contribution is 2.28. The van der Waals surface area contributed by atoms with E-state index in [0.29, 0.717) is 24.5 Å². The lowest BCUT2D eigenvalue weighted by atomic mass is 10.2. The molecule has 3 rings (SSSR count). The second-order valence-electron chi connectivity index (χ2n) is 6.29. The van der Waals surface area contributed by atoms with Crippen LogP contribution in [0.2, 0.25) is 0 Å². The van der Waals surface area contributed by atoms with Gasteiger partial charge in [0.15, 0.2) is 5.11 Å². The van der Waals surface area contributed by atoms with Gasteiger partial charge in [0.2, 0.25) is 0 Å². The number of benzene rings is 1. The first-order valence-electron chi connectivity index (χ1n) is 8.18. The van der Waals surface area contributed by atoms with Crippen molar-refractivity contribution in [2.24, 2.45) is 5.73 Å². The van der Waals surface area contributed by atoms with Gasteiger partial charge in [0.1, 0.15) is 11.9 Å². The maximum Gasteiger partial charge on any atom is 0.414 e. The lowest BCUT2D eigenvalue weighted by Crippen LogP contribution is -2.44. The van der Waals surface area contributed by atoms with Crippen LogP contribution < -0.4 is 20.9 Å². The molecule has 25 heavy (non-hydrogen) atoms. The molecule has 0 aromatic heterocycles. The minimum absolute atomic E-state index is 0.150. The van der Waals surface area contributed by atoms with Crippen LogP contribution in [0.3, 0.4) is 0 Å². The number of piperazine rings is 1. The smallest absolute Gasteiger partial charge is 0.414 e. The Morgan fingerprint density at radius 1 is 1.40 bits per heavy atom. The summed E-state index contributed by atoms with van der Waals surface area (Å²) in [6, 6.07) is 4.86. The molecule has 1 amide bonds. The molecule has 9 heteroatoms. The Morgan fingerprint density at radius 3 is 2.76 bits per heavy atom. The zero-order valence-corrected chi connectivity index (χ0v) is 14.9. The first-order chi connectivity index (χ1) is 11.9. The van der Waals surface area contributed by atoms with Gasteiger partial charge in [-0.05, 0) is 37.5 Å². The lowest BCUT2D eigenvalue weighted by Gasteiger charge is -2.34. The van der Waals surface area contributed by atoms with Gasteiger partial charge in [-0.15, -0.1) is 0 Å². The van der Waals surface area contributed by atoms with Crippen molar-refractivity contribution in [3.05, 3.63) is 24.0 Å². The Bertz CT molecular complexity index is 666. The van der Waals surface area contributed by atoms with Crippen molar-refractivity contribution in [1.82, 2.24) is 10.2 Å². The number of nitrogens with one attached hydrogen (secondary N) is 1. The van der Waals surface area contributed by atoms with Gasteiger partial charge in [0, 0.05) is 26.2 Å². The molecule has 2 saturated heterocycles. The van der Waals surface area contributed by atoms with Crippen LogP contribution in [0.1, 0.15) is 0 Å². The van der Waals surface area contributed by atoms with Crippen molar-refractivity contribution in [1.29, 1.82) is 0 Å². The van der Waals surface area contributed by atoms with Gasteiger partial charge in [-0.1, -0.05) is 0 Å². The number of hydrogen-bond donors (Lipinski definition) is 2. The molecule has 2 heterocycles. The molecule has 136 valence electrons. The largest absolute Gasteiger partial charge is 0.442 e. The average molecular weight is 367 g/mol. The number of cyclic esters (lactones) is 1. The minimum atomic E-state index is -0.499. The van der Waals surface area contributed by atoms with Gasteiger partial charge in [0.05, 0.1) is 24.5 Å². The molecular formula is C16H22FN5O2S. The molecule has 0 aliphatic carbocycles. The monoisotopic (exact) mass is 367 g/mol. The summed E-state index contributed by atoms with van der Waals surface area (Å²) in [7, 11) is 2.05. The Labute approximate surface area is 151 Å². The van der Waals surface area contributed by atoms with E-state index >= 15 is 0 Å². The first-order valence-corrected chi connectivity index (χ1v) is 8.59. The Kier molecular flexibility index (Phi) is 5.24. The molecule has 0 spiro atoms. The van der Waals surface area contributed by atoms with E-state index < -0.39 is 6.09 Å². The van der Waals surface area contributed by atoms with E-state index in [9.17, 15) is 9.18 Å². The fourth-order valence-electron chi connectivity index (χ4n) is 3.02. The van der Waals surface area contributed by atoms with Gasteiger partial charge in [-0.2, -0.15) is 0 Å². The molecule has 7 nitrogen and oxygen atoms in total. The number of amides is 1. The molecule has 1 unspecified atom stereocenters. The highest BCUT2D eigenvalue weighted by atomic mass is 32.1. The topological polar surface area (TPSA) is 74.1 Å². The number of halogens is 1. The van der Waals surface area contributed by atoms with E-state index in [1.807, 2.05) is 4.90 Å². The molecule has 2 fully saturated rings. The van der Waals surface area contributed by atoms with E-state index in [2.05, 4.69) is 17.3 Å². The number of rotatable bonds is 4. The van der Waals surface area contributed by atoms with Gasteiger partial charge in [0.25, 0.3) is 0 Å². The number of ether oxygens (including phenoxy) is 1. The summed E-state index contributed by atoms with van der Waals surface area (Å²) in [4.78, 5) is 17.7. The van der Waals surface area contributed by atoms with Crippen LogP contribution in [0.15, 0.2) is 18.2 Å². The number of nitrogens with two attached hydrogens (primary N) is 1. The van der Waals surface area contributed by atoms with Crippen LogP contribution in [0.4, 0.5) is 20.6 Å². The number of likely N-dealkylation sites (N-methyl/N-ethyl adjacent to an activating group) is 1. The van der Waals surface area contributed by atoms with Gasteiger partial charge < -0.3 is 25.6 Å². The first kappa shape index (κ1) is 17.7. The Balaban J connectivity index is 1.68. The summed E-state index contributed by atoms with van der Waals surface area (Å²) in [5.41, 5.74) is 6.43. The van der Waals surface area contributed by atoms with Gasteiger partial charge in [-0.3, -0.25) is 4.90 Å². The molecule has 2 aliphatic heterocycles. The van der Waals surface area contributed by atoms with Crippen molar-refractivity contribution in [3.8, 4) is 0 Å². The van der Waals surface area contributed by atoms with Crippen molar-refractivity contribution >= 4 is 34.8 Å². The third-order valence-corrected chi connectivity index (χ3v) is 4.61. The average Bonchev–Trinajstić information content (AvgIpc) is 2.95. The molecule has 1 aromatic carbocycles. The Morgan fingerprint density at radius 2 is 2.12 bits per heavy atom. The normalized spacial score (nSPS) is 21.4. The van der Waals surface area contributed by atoms with Crippen LogP contribution in [0, 0.1) is 5.82 Å². The molecule has 3 N–H and O–H groups in total. The van der Waals surface area contributed by atoms with E-state index in [1.165, 1.54) is 11.0 Å². The summed E-state index contributed by atoms with van der Waals surface area (Å²) in [6.07, 6.45) is -0.879. The molecule has 0 saturated carbocycles. The summed E-state index contributed by atoms with van der Waals surface area (Å²) >= 11 is 4.74. The van der Waals surface area contributed by atoms with Crippen molar-refractivity contribution < 1.29 is 13.9 Å². The third kappa shape index (κ3) is 4.10. The summed E-state index contributed by atoms with van der Waals surface area (Å²) in [5.74, 6) is -0.334. The van der Waals surface area contributed by atoms with E-state index in [4.69, 9.17) is 22.7 Å². The standard InChI is InChI=1S/C16H22FN5O2S/c1-20-4-6-21(7-5-20)14-3-2-11(8-13(14)17)22-10-12(24-16(22)23)9-19-15(18)25/h2-3,8,12H,4-7,9-10H2,1H3,(H3,18,19,25). The van der Waals surface area contributed by atoms with Crippen LogP contribution in [0.5, 0.6) is 0 Å². The zero-order chi connectivity index (χ0) is 18.0. The Hall–Kier alpha value is -2.13. The number of thiocarbonyl (C=S) groups is 1. The highest BCUT2D eigenvalue weighted by Gasteiger charge is 2.32. The van der Waals surface area contributed by atoms with E-state index in [1.54, 1.807) is 12.1 Å². The van der Waals surface area contributed by atoms with Crippen molar-refractivity contribution in [2.75, 3.05) is 56.1 Å². The fourth-order valence-corrected chi connectivity index (χ4v) is 3.10. The summed E-state index contributed by atoms with van der Waals surface area (Å²) in [6.45, 7) is 4.02. The van der Waals surface area contributed by atoms with Gasteiger partial charge >= 0.3 is 6.09 Å². The second-order valence-corrected chi connectivity index (χ2v) is 6.73. The lowest BCUT2D eigenvalue weighted by molar-refractivity contribution is 0.143. The van der Waals surface area contributed by atoms with Crippen molar-refractivity contribution in [2.45, 2.75) is 6.10 Å². The predicted molar refractivity (Wildman–Crippen MR) is 98.5 cm³/mol. The van der Waals surface area contributed by atoms with E-state index in [-0.39, 0.29) is 17.0 Å². The SMILES string of the molecule is CN1CCN(c2ccc(N3CC(CNC(N)=S)OC3=O)cc2F)CC1. The molecule has 0 radical (unpaired) electrons. The molecule has 0 bridgehead atoms. The van der Waals surface area contributed by atoms with Gasteiger partial charge in [-0.25, -0.2) is 9.18 Å². The number of carbonyl (C=O) groups is 1. The van der Waals surface area contributed by atoms with Crippen molar-refractivity contribution in [3.63, 3.8) is 0 Å². The number of anilines is 2. The minimum Gasteiger partial charge on any atom is -0.442 e. The predicted octanol–water partition coefficient (Wildman–Crippen LogP) is 0.736. The number of hydrogen-bond acceptors (Lipinski definition) is 5.